The second-order valence-corrected chi connectivity index (χ2v) is 7.36. The molecule has 2 aliphatic heterocycles. The van der Waals surface area contributed by atoms with Crippen LogP contribution in [-0.2, 0) is 0 Å². The Hall–Kier alpha value is -2.87. The van der Waals surface area contributed by atoms with Crippen molar-refractivity contribution in [3.63, 3.8) is 0 Å². The monoisotopic (exact) mass is 381 g/mol. The fourth-order valence-corrected chi connectivity index (χ4v) is 3.93. The van der Waals surface area contributed by atoms with Crippen LogP contribution >= 0.6 is 0 Å². The molecular weight excluding hydrogens is 362 g/mol. The molecule has 5 rings (SSSR count). The summed E-state index contributed by atoms with van der Waals surface area (Å²) in [6, 6.07) is 4.62. The van der Waals surface area contributed by atoms with Crippen molar-refractivity contribution in [3.8, 4) is 11.4 Å². The molecule has 1 unspecified atom stereocenters. The van der Waals surface area contributed by atoms with Crippen molar-refractivity contribution in [2.45, 2.75) is 31.7 Å². The maximum atomic E-state index is 14.8. The van der Waals surface area contributed by atoms with Gasteiger partial charge in [0.1, 0.15) is 23.4 Å². The van der Waals surface area contributed by atoms with Gasteiger partial charge in [0.05, 0.1) is 5.56 Å². The molecule has 2 aliphatic rings. The Morgan fingerprint density at radius 2 is 1.89 bits per heavy atom. The van der Waals surface area contributed by atoms with Gasteiger partial charge in [-0.3, -0.25) is 0 Å². The van der Waals surface area contributed by atoms with Crippen LogP contribution in [0.15, 0.2) is 29.4 Å². The molecular formula is C20H19F2N6+. The van der Waals surface area contributed by atoms with Gasteiger partial charge >= 0.3 is 5.49 Å². The Morgan fingerprint density at radius 3 is 2.71 bits per heavy atom. The zero-order chi connectivity index (χ0) is 19.3. The predicted octanol–water partition coefficient (Wildman–Crippen LogP) is 1.76. The van der Waals surface area contributed by atoms with E-state index < -0.39 is 11.6 Å². The molecule has 0 bridgehead atoms. The van der Waals surface area contributed by atoms with Crippen LogP contribution in [0.4, 0.5) is 8.78 Å². The van der Waals surface area contributed by atoms with E-state index in [4.69, 9.17) is 0 Å². The Labute approximate surface area is 159 Å². The van der Waals surface area contributed by atoms with E-state index in [0.717, 1.165) is 31.5 Å². The number of halogens is 2. The van der Waals surface area contributed by atoms with E-state index in [9.17, 15) is 8.78 Å². The van der Waals surface area contributed by atoms with Gasteiger partial charge in [-0.25, -0.2) is 9.37 Å². The number of hydrogen-bond donors (Lipinski definition) is 1. The molecule has 0 amide bonds. The molecule has 8 heteroatoms. The highest BCUT2D eigenvalue weighted by Gasteiger charge is 2.21. The van der Waals surface area contributed by atoms with E-state index in [1.165, 1.54) is 6.07 Å². The molecule has 0 aliphatic carbocycles. The third kappa shape index (κ3) is 2.93. The molecule has 1 aromatic carbocycles. The third-order valence-corrected chi connectivity index (χ3v) is 5.33. The zero-order valence-corrected chi connectivity index (χ0v) is 15.4. The van der Waals surface area contributed by atoms with Crippen LogP contribution in [0.25, 0.3) is 22.4 Å². The number of nitrogens with one attached hydrogen (secondary N) is 1. The molecule has 142 valence electrons. The van der Waals surface area contributed by atoms with Crippen LogP contribution < -0.4 is 15.0 Å². The summed E-state index contributed by atoms with van der Waals surface area (Å²) in [4.78, 5) is 8.55. The maximum absolute atomic E-state index is 14.8. The minimum absolute atomic E-state index is 0.105. The highest BCUT2D eigenvalue weighted by atomic mass is 19.1. The van der Waals surface area contributed by atoms with Gasteiger partial charge in [0, 0.05) is 0 Å². The van der Waals surface area contributed by atoms with Crippen LogP contribution in [0.1, 0.15) is 31.2 Å². The number of aromatic nitrogens is 4. The summed E-state index contributed by atoms with van der Waals surface area (Å²) in [7, 11) is 0. The summed E-state index contributed by atoms with van der Waals surface area (Å²) in [6.45, 7) is 3.73. The Kier molecular flexibility index (Phi) is 4.08. The van der Waals surface area contributed by atoms with E-state index in [0.29, 0.717) is 17.0 Å². The van der Waals surface area contributed by atoms with Crippen LogP contribution in [-0.4, -0.2) is 34.3 Å². The van der Waals surface area contributed by atoms with Gasteiger partial charge in [0.15, 0.2) is 17.7 Å². The van der Waals surface area contributed by atoms with E-state index in [1.807, 2.05) is 13.0 Å². The molecule has 4 heterocycles. The average molecular weight is 381 g/mol. The van der Waals surface area contributed by atoms with Gasteiger partial charge in [0.25, 0.3) is 0 Å². The Balaban J connectivity index is 1.59. The van der Waals surface area contributed by atoms with E-state index >= 15 is 0 Å². The highest BCUT2D eigenvalue weighted by Crippen LogP contribution is 2.29. The lowest BCUT2D eigenvalue weighted by atomic mass is 9.90. The maximum Gasteiger partial charge on any atom is 0.358 e. The molecule has 0 saturated carbocycles. The summed E-state index contributed by atoms with van der Waals surface area (Å²) in [5, 5.41) is 11.6. The number of nitrogens with zero attached hydrogens (tertiary/aromatic N) is 5. The quantitative estimate of drug-likeness (QED) is 0.687. The van der Waals surface area contributed by atoms with Gasteiger partial charge < -0.3 is 5.32 Å². The molecule has 0 radical (unpaired) electrons. The molecule has 1 N–H and O–H groups in total. The smallest absolute Gasteiger partial charge is 0.317 e. The van der Waals surface area contributed by atoms with Crippen molar-refractivity contribution in [2.24, 2.45) is 4.99 Å². The van der Waals surface area contributed by atoms with E-state index in [1.54, 1.807) is 22.7 Å². The summed E-state index contributed by atoms with van der Waals surface area (Å²) < 4.78 is 30.8. The van der Waals surface area contributed by atoms with Crippen LogP contribution in [0.2, 0.25) is 0 Å². The third-order valence-electron chi connectivity index (χ3n) is 5.33. The second-order valence-electron chi connectivity index (χ2n) is 7.36. The molecule has 28 heavy (non-hydrogen) atoms. The highest BCUT2D eigenvalue weighted by molar-refractivity contribution is 5.77. The zero-order valence-electron chi connectivity index (χ0n) is 15.4. The minimum Gasteiger partial charge on any atom is -0.317 e. The summed E-state index contributed by atoms with van der Waals surface area (Å²) >= 11 is 0. The lowest BCUT2D eigenvalue weighted by Gasteiger charge is -2.23. The fourth-order valence-electron chi connectivity index (χ4n) is 3.93. The van der Waals surface area contributed by atoms with Crippen molar-refractivity contribution in [1.29, 1.82) is 0 Å². The molecule has 1 atom stereocenters. The van der Waals surface area contributed by atoms with Crippen molar-refractivity contribution in [1.82, 2.24) is 20.5 Å². The number of benzene rings is 1. The first kappa shape index (κ1) is 17.2. The van der Waals surface area contributed by atoms with Crippen LogP contribution in [0.5, 0.6) is 0 Å². The predicted molar refractivity (Wildman–Crippen MR) is 98.0 cm³/mol. The number of piperidine rings is 1. The first-order chi connectivity index (χ1) is 13.6. The topological polar surface area (TPSA) is 69.0 Å². The average Bonchev–Trinajstić information content (AvgIpc) is 3.09. The molecule has 1 saturated heterocycles. The van der Waals surface area contributed by atoms with Gasteiger partial charge in [0.2, 0.25) is 5.82 Å². The Morgan fingerprint density at radius 1 is 1.07 bits per heavy atom. The van der Waals surface area contributed by atoms with Gasteiger partial charge in [-0.2, -0.15) is 8.63 Å². The lowest BCUT2D eigenvalue weighted by molar-refractivity contribution is -0.524. The van der Waals surface area contributed by atoms with Crippen molar-refractivity contribution >= 4 is 11.0 Å². The normalized spacial score (nSPS) is 19.3. The first-order valence-electron chi connectivity index (χ1n) is 9.44. The summed E-state index contributed by atoms with van der Waals surface area (Å²) in [5.41, 5.74) is 2.19. The number of hydrogen-bond acceptors (Lipinski definition) is 5. The number of pyridine rings is 1. The minimum atomic E-state index is -0.469. The molecule has 1 fully saturated rings. The summed E-state index contributed by atoms with van der Waals surface area (Å²) in [6.07, 6.45) is 5.42. The first-order valence-corrected chi connectivity index (χ1v) is 9.44. The lowest BCUT2D eigenvalue weighted by Crippen LogP contribution is -2.37. The molecule has 0 spiro atoms. The summed E-state index contributed by atoms with van der Waals surface area (Å²) in [5.74, 6) is -0.400. The van der Waals surface area contributed by atoms with Gasteiger partial charge in [-0.15, -0.1) is 10.2 Å². The standard InChI is InChI=1S/C20H19F2N6/c1-11-9-28-10-14(7-16(22)20(28)24-11)19-25-18-15(21)6-13(8-17(18)26-27-19)12-2-4-23-5-3-12/h6-12,23H,2-5H2,1H3/q+1. The molecule has 2 aromatic heterocycles. The van der Waals surface area contributed by atoms with E-state index in [2.05, 4.69) is 25.5 Å². The molecule has 6 nitrogen and oxygen atoms in total. The van der Waals surface area contributed by atoms with Crippen molar-refractivity contribution in [3.05, 3.63) is 53.3 Å². The largest absolute Gasteiger partial charge is 0.358 e. The number of fused-ring (bicyclic) bond motifs is 2. The van der Waals surface area contributed by atoms with Gasteiger partial charge in [-0.1, -0.05) is 4.99 Å². The van der Waals surface area contributed by atoms with Crippen LogP contribution in [0.3, 0.4) is 0 Å². The van der Waals surface area contributed by atoms with E-state index in [-0.39, 0.29) is 22.9 Å². The van der Waals surface area contributed by atoms with Crippen molar-refractivity contribution < 1.29 is 13.0 Å². The van der Waals surface area contributed by atoms with Gasteiger partial charge in [-0.05, 0) is 62.5 Å². The number of rotatable bonds is 2. The molecule has 3 aromatic rings. The van der Waals surface area contributed by atoms with Crippen LogP contribution in [0, 0.1) is 17.8 Å². The Bertz CT molecular complexity index is 1200. The van der Waals surface area contributed by atoms with Crippen molar-refractivity contribution in [2.75, 3.05) is 13.1 Å². The SMILES string of the molecule is CC1C=[n+]2cc(-c3nnc4cc(C5CCNCC5)cc(F)c4n3)cc(F)c2=N1. The second kappa shape index (κ2) is 6.63. The fraction of sp³-hybridized carbons (Fsp3) is 0.350.